The van der Waals surface area contributed by atoms with Crippen molar-refractivity contribution < 1.29 is 13.5 Å². The second-order valence-electron chi connectivity index (χ2n) is 5.07. The second kappa shape index (κ2) is 4.93. The highest BCUT2D eigenvalue weighted by Crippen LogP contribution is 2.27. The Hall–Kier alpha value is -2.27. The molecule has 0 aliphatic heterocycles. The number of sulfone groups is 1. The summed E-state index contributed by atoms with van der Waals surface area (Å²) in [7, 11) is -3.51. The number of phenolic OH excluding ortho intramolecular Hbond substituents is 1. The summed E-state index contributed by atoms with van der Waals surface area (Å²) in [5.41, 5.74) is 2.27. The Kier molecular flexibility index (Phi) is 3.22. The molecular formula is C16H15NO3S. The molecule has 0 saturated heterocycles. The van der Waals surface area contributed by atoms with Gasteiger partial charge in [0.25, 0.3) is 0 Å². The van der Waals surface area contributed by atoms with Crippen LogP contribution in [0.5, 0.6) is 5.75 Å². The third kappa shape index (κ3) is 2.52. The lowest BCUT2D eigenvalue weighted by Crippen LogP contribution is -2.06. The van der Waals surface area contributed by atoms with Crippen molar-refractivity contribution in [1.29, 1.82) is 0 Å². The number of aromatic hydroxyl groups is 1. The van der Waals surface area contributed by atoms with Crippen LogP contribution >= 0.6 is 0 Å². The summed E-state index contributed by atoms with van der Waals surface area (Å²) in [6.45, 7) is 1.72. The summed E-state index contributed by atoms with van der Waals surface area (Å²) >= 11 is 0. The van der Waals surface area contributed by atoms with Gasteiger partial charge < -0.3 is 10.1 Å². The monoisotopic (exact) mass is 301 g/mol. The molecule has 0 atom stereocenters. The maximum atomic E-state index is 12.6. The number of aromatic nitrogens is 1. The third-order valence-electron chi connectivity index (χ3n) is 3.53. The molecule has 3 rings (SSSR count). The number of aromatic amines is 1. The van der Waals surface area contributed by atoms with E-state index in [0.29, 0.717) is 5.56 Å². The summed E-state index contributed by atoms with van der Waals surface area (Å²) in [4.78, 5) is 3.25. The molecule has 0 bridgehead atoms. The maximum Gasteiger partial charge on any atom is 0.182 e. The molecule has 0 spiro atoms. The molecule has 0 aliphatic rings. The Balaban J connectivity index is 2.05. The van der Waals surface area contributed by atoms with E-state index in [1.54, 1.807) is 19.2 Å². The Morgan fingerprint density at radius 2 is 1.90 bits per heavy atom. The number of para-hydroxylation sites is 1. The fourth-order valence-corrected chi connectivity index (χ4v) is 4.12. The quantitative estimate of drug-likeness (QED) is 0.780. The largest absolute Gasteiger partial charge is 0.508 e. The first-order valence-corrected chi connectivity index (χ1v) is 8.20. The lowest BCUT2D eigenvalue weighted by Gasteiger charge is -2.08. The minimum Gasteiger partial charge on any atom is -0.508 e. The van der Waals surface area contributed by atoms with Crippen LogP contribution in [0.1, 0.15) is 11.1 Å². The van der Waals surface area contributed by atoms with Gasteiger partial charge in [-0.15, -0.1) is 0 Å². The number of H-pyrrole nitrogens is 1. The standard InChI is InChI=1S/C16H15NO3S/c1-11-6-7-13(18)8-16(11)21(19,20)10-12-9-17-15-5-3-2-4-14(12)15/h2-9,17-18H,10H2,1H3. The van der Waals surface area contributed by atoms with Crippen LogP contribution in [0.3, 0.4) is 0 Å². The van der Waals surface area contributed by atoms with E-state index in [0.717, 1.165) is 16.5 Å². The van der Waals surface area contributed by atoms with Crippen LogP contribution in [0.4, 0.5) is 0 Å². The number of hydrogen-bond acceptors (Lipinski definition) is 3. The Bertz CT molecular complexity index is 910. The van der Waals surface area contributed by atoms with Gasteiger partial charge in [-0.05, 0) is 36.2 Å². The van der Waals surface area contributed by atoms with Gasteiger partial charge >= 0.3 is 0 Å². The first kappa shape index (κ1) is 13.7. The smallest absolute Gasteiger partial charge is 0.182 e. The van der Waals surface area contributed by atoms with Gasteiger partial charge in [0.2, 0.25) is 0 Å². The molecule has 5 heteroatoms. The summed E-state index contributed by atoms with van der Waals surface area (Å²) in [6, 6.07) is 12.0. The van der Waals surface area contributed by atoms with Crippen LogP contribution in [0.15, 0.2) is 53.6 Å². The van der Waals surface area contributed by atoms with E-state index in [2.05, 4.69) is 4.98 Å². The van der Waals surface area contributed by atoms with Crippen molar-refractivity contribution in [2.45, 2.75) is 17.6 Å². The highest BCUT2D eigenvalue weighted by atomic mass is 32.2. The number of rotatable bonds is 3. The summed E-state index contributed by atoms with van der Waals surface area (Å²) in [5, 5.41) is 10.4. The van der Waals surface area contributed by atoms with Crippen LogP contribution in [0.2, 0.25) is 0 Å². The molecule has 108 valence electrons. The molecule has 2 aromatic carbocycles. The molecule has 21 heavy (non-hydrogen) atoms. The van der Waals surface area contributed by atoms with Gasteiger partial charge in [-0.1, -0.05) is 24.3 Å². The molecule has 0 saturated carbocycles. The first-order chi connectivity index (χ1) is 9.97. The summed E-state index contributed by atoms with van der Waals surface area (Å²) < 4.78 is 25.2. The number of fused-ring (bicyclic) bond motifs is 1. The van der Waals surface area contributed by atoms with E-state index in [-0.39, 0.29) is 16.4 Å². The lowest BCUT2D eigenvalue weighted by molar-refractivity contribution is 0.473. The third-order valence-corrected chi connectivity index (χ3v) is 5.33. The molecule has 0 aliphatic carbocycles. The van der Waals surface area contributed by atoms with E-state index in [9.17, 15) is 13.5 Å². The molecule has 4 nitrogen and oxygen atoms in total. The van der Waals surface area contributed by atoms with Gasteiger partial charge in [-0.25, -0.2) is 8.42 Å². The maximum absolute atomic E-state index is 12.6. The van der Waals surface area contributed by atoms with E-state index in [1.165, 1.54) is 12.1 Å². The van der Waals surface area contributed by atoms with Crippen molar-refractivity contribution in [3.8, 4) is 5.75 Å². The average molecular weight is 301 g/mol. The van der Waals surface area contributed by atoms with Crippen molar-refractivity contribution in [3.63, 3.8) is 0 Å². The Labute approximate surface area is 123 Å². The van der Waals surface area contributed by atoms with Crippen molar-refractivity contribution >= 4 is 20.7 Å². The SMILES string of the molecule is Cc1ccc(O)cc1S(=O)(=O)Cc1c[nH]c2ccccc12. The fourth-order valence-electron chi connectivity index (χ4n) is 2.46. The predicted octanol–water partition coefficient (Wildman–Crippen LogP) is 3.16. The van der Waals surface area contributed by atoms with Crippen molar-refractivity contribution in [2.75, 3.05) is 0 Å². The minimum absolute atomic E-state index is 0.0434. The molecule has 0 unspecified atom stereocenters. The van der Waals surface area contributed by atoms with Crippen molar-refractivity contribution in [1.82, 2.24) is 4.98 Å². The predicted molar refractivity (Wildman–Crippen MR) is 82.0 cm³/mol. The van der Waals surface area contributed by atoms with E-state index in [4.69, 9.17) is 0 Å². The van der Waals surface area contributed by atoms with Gasteiger partial charge in [0.1, 0.15) is 5.75 Å². The molecule has 3 aromatic rings. The fraction of sp³-hybridized carbons (Fsp3) is 0.125. The van der Waals surface area contributed by atoms with Crippen LogP contribution in [-0.4, -0.2) is 18.5 Å². The first-order valence-electron chi connectivity index (χ1n) is 6.55. The van der Waals surface area contributed by atoms with E-state index >= 15 is 0 Å². The van der Waals surface area contributed by atoms with Gasteiger partial charge in [0.15, 0.2) is 9.84 Å². The van der Waals surface area contributed by atoms with Crippen LogP contribution in [-0.2, 0) is 15.6 Å². The van der Waals surface area contributed by atoms with Crippen molar-refractivity contribution in [2.24, 2.45) is 0 Å². The number of nitrogens with one attached hydrogen (secondary N) is 1. The van der Waals surface area contributed by atoms with E-state index in [1.807, 2.05) is 24.3 Å². The molecular weight excluding hydrogens is 286 g/mol. The van der Waals surface area contributed by atoms with Gasteiger partial charge in [-0.3, -0.25) is 0 Å². The summed E-state index contributed by atoms with van der Waals surface area (Å²) in [5.74, 6) is -0.139. The number of aryl methyl sites for hydroxylation is 1. The molecule has 1 heterocycles. The lowest BCUT2D eigenvalue weighted by atomic mass is 10.2. The van der Waals surface area contributed by atoms with Crippen LogP contribution in [0, 0.1) is 6.92 Å². The highest BCUT2D eigenvalue weighted by Gasteiger charge is 2.20. The Morgan fingerprint density at radius 3 is 2.71 bits per heavy atom. The number of hydrogen-bond donors (Lipinski definition) is 2. The zero-order chi connectivity index (χ0) is 15.0. The van der Waals surface area contributed by atoms with Gasteiger partial charge in [0, 0.05) is 17.1 Å². The number of phenols is 1. The van der Waals surface area contributed by atoms with E-state index < -0.39 is 9.84 Å². The topological polar surface area (TPSA) is 70.2 Å². The Morgan fingerprint density at radius 1 is 1.14 bits per heavy atom. The molecule has 1 aromatic heterocycles. The second-order valence-corrected chi connectivity index (χ2v) is 7.03. The molecule has 0 amide bonds. The normalized spacial score (nSPS) is 11.9. The van der Waals surface area contributed by atoms with Crippen molar-refractivity contribution in [3.05, 3.63) is 59.8 Å². The summed E-state index contributed by atoms with van der Waals surface area (Å²) in [6.07, 6.45) is 1.72. The van der Waals surface area contributed by atoms with Crippen LogP contribution < -0.4 is 0 Å². The minimum atomic E-state index is -3.51. The molecule has 0 fully saturated rings. The molecule has 0 radical (unpaired) electrons. The zero-order valence-electron chi connectivity index (χ0n) is 11.5. The van der Waals surface area contributed by atoms with Crippen LogP contribution in [0.25, 0.3) is 10.9 Å². The number of benzene rings is 2. The van der Waals surface area contributed by atoms with Gasteiger partial charge in [0.05, 0.1) is 10.6 Å². The average Bonchev–Trinajstić information content (AvgIpc) is 2.84. The molecule has 2 N–H and O–H groups in total. The van der Waals surface area contributed by atoms with Gasteiger partial charge in [-0.2, -0.15) is 0 Å². The highest BCUT2D eigenvalue weighted by molar-refractivity contribution is 7.90. The zero-order valence-corrected chi connectivity index (χ0v) is 12.3.